The van der Waals surface area contributed by atoms with Gasteiger partial charge in [0.05, 0.1) is 26.4 Å². The van der Waals surface area contributed by atoms with Crippen LogP contribution in [0.3, 0.4) is 0 Å². The van der Waals surface area contributed by atoms with Crippen LogP contribution in [0.25, 0.3) is 0 Å². The topological polar surface area (TPSA) is 237 Å². The number of ether oxygens (including phenoxy) is 4. The van der Waals surface area contributed by atoms with Gasteiger partial charge in [-0.1, -0.05) is 428 Å². The zero-order chi connectivity index (χ0) is 80.9. The lowest BCUT2D eigenvalue weighted by Crippen LogP contribution is -2.30. The number of phosphoric ester groups is 2. The van der Waals surface area contributed by atoms with E-state index >= 15 is 0 Å². The smallest absolute Gasteiger partial charge is 0.462 e. The maximum absolute atomic E-state index is 13.2. The van der Waals surface area contributed by atoms with Gasteiger partial charge in [-0.25, -0.2) is 9.13 Å². The van der Waals surface area contributed by atoms with E-state index in [1.807, 2.05) is 0 Å². The molecule has 110 heavy (non-hydrogen) atoms. The van der Waals surface area contributed by atoms with Crippen molar-refractivity contribution in [1.29, 1.82) is 0 Å². The van der Waals surface area contributed by atoms with Gasteiger partial charge in [-0.15, -0.1) is 0 Å². The molecule has 654 valence electrons. The summed E-state index contributed by atoms with van der Waals surface area (Å²) >= 11 is 0. The molecule has 0 bridgehead atoms. The molecule has 3 N–H and O–H groups in total. The first-order valence-corrected chi connectivity index (χ1v) is 49.8. The summed E-state index contributed by atoms with van der Waals surface area (Å²) in [5.41, 5.74) is 0. The maximum atomic E-state index is 13.2. The van der Waals surface area contributed by atoms with Crippen LogP contribution in [0.15, 0.2) is 0 Å². The Morgan fingerprint density at radius 1 is 0.255 bits per heavy atom. The van der Waals surface area contributed by atoms with E-state index < -0.39 is 97.5 Å². The number of aliphatic hydroxyl groups is 1. The molecule has 0 saturated carbocycles. The number of esters is 4. The molecule has 0 aliphatic heterocycles. The van der Waals surface area contributed by atoms with Crippen molar-refractivity contribution < 1.29 is 80.2 Å². The zero-order valence-electron chi connectivity index (χ0n) is 72.9. The summed E-state index contributed by atoms with van der Waals surface area (Å²) in [5.74, 6) is 1.13. The lowest BCUT2D eigenvalue weighted by atomic mass is 9.99. The first kappa shape index (κ1) is 108. The van der Waals surface area contributed by atoms with Crippen molar-refractivity contribution >= 4 is 39.5 Å². The minimum absolute atomic E-state index is 0.106. The van der Waals surface area contributed by atoms with Crippen LogP contribution in [0.2, 0.25) is 0 Å². The van der Waals surface area contributed by atoms with E-state index in [1.165, 1.54) is 276 Å². The fourth-order valence-corrected chi connectivity index (χ4v) is 15.7. The number of phosphoric acid groups is 2. The third-order valence-corrected chi connectivity index (χ3v) is 23.9. The Balaban J connectivity index is 5.22. The first-order chi connectivity index (χ1) is 53.2. The highest BCUT2D eigenvalue weighted by Crippen LogP contribution is 2.45. The monoisotopic (exact) mass is 1610 g/mol. The summed E-state index contributed by atoms with van der Waals surface area (Å²) in [5, 5.41) is 10.7. The molecule has 7 atom stereocenters. The van der Waals surface area contributed by atoms with Crippen LogP contribution in [0.1, 0.15) is 479 Å². The fourth-order valence-electron chi connectivity index (χ4n) is 14.1. The summed E-state index contributed by atoms with van der Waals surface area (Å²) < 4.78 is 69.0. The van der Waals surface area contributed by atoms with Gasteiger partial charge in [0.2, 0.25) is 0 Å². The Morgan fingerprint density at radius 2 is 0.436 bits per heavy atom. The molecule has 0 aromatic rings. The third kappa shape index (κ3) is 81.2. The van der Waals surface area contributed by atoms with E-state index in [0.29, 0.717) is 31.6 Å². The molecule has 0 radical (unpaired) electrons. The van der Waals surface area contributed by atoms with Gasteiger partial charge in [0.1, 0.15) is 19.3 Å². The van der Waals surface area contributed by atoms with Crippen LogP contribution in [0.5, 0.6) is 0 Å². The molecule has 0 rings (SSSR count). The van der Waals surface area contributed by atoms with Crippen LogP contribution in [0, 0.1) is 23.7 Å². The third-order valence-electron chi connectivity index (χ3n) is 22.0. The average Bonchev–Trinajstić information content (AvgIpc) is 0.897. The molecule has 0 aromatic carbocycles. The highest BCUT2D eigenvalue weighted by atomic mass is 31.2. The normalized spacial score (nSPS) is 14.3. The van der Waals surface area contributed by atoms with Gasteiger partial charge < -0.3 is 33.8 Å². The average molecular weight is 1610 g/mol. The molecule has 0 amide bonds. The van der Waals surface area contributed by atoms with Crippen LogP contribution in [-0.4, -0.2) is 96.7 Å². The Morgan fingerprint density at radius 3 is 0.645 bits per heavy atom. The number of hydrogen-bond donors (Lipinski definition) is 3. The number of aliphatic hydroxyl groups excluding tert-OH is 1. The predicted molar refractivity (Wildman–Crippen MR) is 455 cm³/mol. The van der Waals surface area contributed by atoms with Gasteiger partial charge in [0.15, 0.2) is 12.2 Å². The van der Waals surface area contributed by atoms with E-state index in [9.17, 15) is 43.2 Å². The van der Waals surface area contributed by atoms with Crippen molar-refractivity contribution in [2.24, 2.45) is 23.7 Å². The number of unbranched alkanes of at least 4 members (excludes halogenated alkanes) is 52. The number of rotatable bonds is 88. The van der Waals surface area contributed by atoms with Gasteiger partial charge in [0.25, 0.3) is 0 Å². The summed E-state index contributed by atoms with van der Waals surface area (Å²) in [6.07, 6.45) is 71.0. The van der Waals surface area contributed by atoms with Crippen molar-refractivity contribution in [2.45, 2.75) is 497 Å². The minimum atomic E-state index is -4.97. The molecule has 17 nitrogen and oxygen atoms in total. The van der Waals surface area contributed by atoms with Crippen LogP contribution in [-0.2, 0) is 65.4 Å². The Kier molecular flexibility index (Phi) is 78.1. The largest absolute Gasteiger partial charge is 0.472 e. The van der Waals surface area contributed by atoms with Crippen molar-refractivity contribution in [3.8, 4) is 0 Å². The summed E-state index contributed by atoms with van der Waals surface area (Å²) in [4.78, 5) is 73.4. The summed E-state index contributed by atoms with van der Waals surface area (Å²) in [6.45, 7) is 14.4. The Bertz CT molecular complexity index is 2130. The van der Waals surface area contributed by atoms with Crippen molar-refractivity contribution in [1.82, 2.24) is 0 Å². The molecule has 0 aliphatic rings. The minimum Gasteiger partial charge on any atom is -0.462 e. The SMILES string of the molecule is CCC(C)CCCCCCCCCCCCCCCCCCCCC(=O)OC[C@H](COP(=O)(O)OCC(O)COP(=O)(O)OC[C@@H](COC(=O)CCCCCCCCCC(C)C)OC(=O)CCCCCCCCCCCCCCCC(C)C)OC(=O)CCCCCCCCCCCCCCCCCCCCC(C)CC. The number of hydrogen-bond acceptors (Lipinski definition) is 15. The zero-order valence-corrected chi connectivity index (χ0v) is 74.7. The summed E-state index contributed by atoms with van der Waals surface area (Å²) in [6, 6.07) is 0. The van der Waals surface area contributed by atoms with Crippen LogP contribution in [0.4, 0.5) is 0 Å². The van der Waals surface area contributed by atoms with Gasteiger partial charge in [0, 0.05) is 25.7 Å². The van der Waals surface area contributed by atoms with Gasteiger partial charge >= 0.3 is 39.5 Å². The van der Waals surface area contributed by atoms with E-state index in [2.05, 4.69) is 55.4 Å². The van der Waals surface area contributed by atoms with Crippen LogP contribution < -0.4 is 0 Å². The fraction of sp³-hybridized carbons (Fsp3) is 0.956. The Hall–Kier alpha value is -1.94. The second-order valence-corrected chi connectivity index (χ2v) is 37.0. The van der Waals surface area contributed by atoms with Gasteiger partial charge in [-0.2, -0.15) is 0 Å². The number of carbonyl (C=O) groups is 4. The van der Waals surface area contributed by atoms with Crippen molar-refractivity contribution in [2.75, 3.05) is 39.6 Å². The molecular formula is C91H178O17P2. The first-order valence-electron chi connectivity index (χ1n) is 46.8. The number of carbonyl (C=O) groups excluding carboxylic acids is 4. The van der Waals surface area contributed by atoms with Crippen LogP contribution >= 0.6 is 15.6 Å². The molecule has 0 saturated heterocycles. The maximum Gasteiger partial charge on any atom is 0.472 e. The molecule has 0 spiro atoms. The lowest BCUT2D eigenvalue weighted by Gasteiger charge is -2.21. The van der Waals surface area contributed by atoms with E-state index in [-0.39, 0.29) is 25.7 Å². The molecule has 19 heteroatoms. The van der Waals surface area contributed by atoms with Gasteiger partial charge in [-0.05, 0) is 49.4 Å². The van der Waals surface area contributed by atoms with E-state index in [1.54, 1.807) is 0 Å². The van der Waals surface area contributed by atoms with E-state index in [0.717, 1.165) is 114 Å². The van der Waals surface area contributed by atoms with E-state index in [4.69, 9.17) is 37.0 Å². The molecule has 5 unspecified atom stereocenters. The Labute approximate surface area is 677 Å². The second-order valence-electron chi connectivity index (χ2n) is 34.1. The predicted octanol–water partition coefficient (Wildman–Crippen LogP) is 27.9. The highest BCUT2D eigenvalue weighted by molar-refractivity contribution is 7.47. The second kappa shape index (κ2) is 79.5. The molecular weight excluding hydrogens is 1430 g/mol. The summed E-state index contributed by atoms with van der Waals surface area (Å²) in [7, 11) is -9.94. The van der Waals surface area contributed by atoms with Crippen molar-refractivity contribution in [3.05, 3.63) is 0 Å². The molecule has 0 aromatic heterocycles. The molecule has 0 aliphatic carbocycles. The van der Waals surface area contributed by atoms with Gasteiger partial charge in [-0.3, -0.25) is 37.3 Å². The molecule has 0 fully saturated rings. The highest BCUT2D eigenvalue weighted by Gasteiger charge is 2.31. The lowest BCUT2D eigenvalue weighted by molar-refractivity contribution is -0.161. The molecule has 0 heterocycles. The quantitative estimate of drug-likeness (QED) is 0.0222. The standard InChI is InChI=1S/C91H178O17P2/c1-9-83(7)69-61-53-45-37-31-25-19-15-11-13-17-21-27-33-39-47-55-63-71-88(93)101-77-86(107-90(95)73-65-57-48-40-34-28-22-18-14-12-16-20-26-32-38-46-54-62-70-84(8)10-2)79-105-109(97,98)103-75-85(92)76-104-110(99,100)106-80-87(78-102-89(94)72-64-56-50-42-44-52-60-68-82(5)6)108-91(96)74-66-58-49-41-35-29-23-24-30-36-43-51-59-67-81(3)4/h81-87,92H,9-80H2,1-8H3,(H,97,98)(H,99,100)/t83?,84?,85?,86-,87-/m1/s1. The van der Waals surface area contributed by atoms with Crippen molar-refractivity contribution in [3.63, 3.8) is 0 Å².